The maximum atomic E-state index is 10.7. The molecule has 5 nitrogen and oxygen atoms in total. The van der Waals surface area contributed by atoms with E-state index in [-0.39, 0.29) is 6.42 Å². The molecule has 1 aromatic carbocycles. The van der Waals surface area contributed by atoms with E-state index < -0.39 is 5.97 Å². The lowest BCUT2D eigenvalue weighted by Crippen LogP contribution is -2.73. The highest BCUT2D eigenvalue weighted by molar-refractivity contribution is 5.88. The number of ether oxygens (including phenoxy) is 2. The van der Waals surface area contributed by atoms with Crippen LogP contribution in [0.4, 0.5) is 0 Å². The molecule has 160 valence electrons. The molecule has 1 aliphatic heterocycles. The van der Waals surface area contributed by atoms with E-state index in [4.69, 9.17) is 14.6 Å². The molecule has 1 heterocycles. The summed E-state index contributed by atoms with van der Waals surface area (Å²) in [7, 11) is 0. The number of benzene rings is 1. The first-order valence-electron chi connectivity index (χ1n) is 10.7. The van der Waals surface area contributed by atoms with Crippen molar-refractivity contribution in [2.24, 2.45) is 11.8 Å². The Morgan fingerprint density at radius 2 is 2.10 bits per heavy atom. The Bertz CT molecular complexity index is 894. The fourth-order valence-corrected chi connectivity index (χ4v) is 3.66. The van der Waals surface area contributed by atoms with E-state index >= 15 is 0 Å². The van der Waals surface area contributed by atoms with Gasteiger partial charge in [-0.2, -0.15) is 0 Å². The molecule has 5 heteroatoms. The van der Waals surface area contributed by atoms with Crippen LogP contribution >= 0.6 is 0 Å². The lowest BCUT2D eigenvalue weighted by atomic mass is 9.93. The van der Waals surface area contributed by atoms with Crippen LogP contribution in [0, 0.1) is 18.8 Å². The van der Waals surface area contributed by atoms with Crippen molar-refractivity contribution in [3.63, 3.8) is 0 Å². The summed E-state index contributed by atoms with van der Waals surface area (Å²) in [6, 6.07) is 5.87. The SMILES string of the molecule is CC1=[NH+]C2=C(OC[C@H](C)CCOc3ccc(CCC(=O)O)c(C)c3)C=CCC2C=C1. The summed E-state index contributed by atoms with van der Waals surface area (Å²) in [5.74, 6) is 1.74. The summed E-state index contributed by atoms with van der Waals surface area (Å²) in [5.41, 5.74) is 4.43. The number of hydrogen-bond donors (Lipinski definition) is 2. The van der Waals surface area contributed by atoms with Crippen LogP contribution in [0.3, 0.4) is 0 Å². The topological polar surface area (TPSA) is 69.7 Å². The minimum Gasteiger partial charge on any atom is -0.494 e. The molecule has 0 fully saturated rings. The zero-order valence-corrected chi connectivity index (χ0v) is 18.1. The second kappa shape index (κ2) is 10.3. The van der Waals surface area contributed by atoms with Crippen molar-refractivity contribution >= 4 is 11.7 Å². The number of carbonyl (C=O) groups is 1. The Hall–Kier alpha value is -2.82. The van der Waals surface area contributed by atoms with Gasteiger partial charge in [-0.1, -0.05) is 25.1 Å². The number of carboxylic acids is 1. The molecule has 0 spiro atoms. The minimum absolute atomic E-state index is 0.149. The van der Waals surface area contributed by atoms with Gasteiger partial charge in [0.2, 0.25) is 5.70 Å². The Morgan fingerprint density at radius 3 is 2.87 bits per heavy atom. The Kier molecular flexibility index (Phi) is 7.50. The summed E-state index contributed by atoms with van der Waals surface area (Å²) in [6.45, 7) is 7.50. The summed E-state index contributed by atoms with van der Waals surface area (Å²) in [4.78, 5) is 14.2. The Balaban J connectivity index is 1.45. The monoisotopic (exact) mass is 410 g/mol. The van der Waals surface area contributed by atoms with Gasteiger partial charge in [-0.05, 0) is 61.4 Å². The molecule has 0 aromatic heterocycles. The van der Waals surface area contributed by atoms with Crippen molar-refractivity contribution in [1.29, 1.82) is 0 Å². The number of aliphatic carboxylic acids is 1. The van der Waals surface area contributed by atoms with Gasteiger partial charge in [0.25, 0.3) is 0 Å². The van der Waals surface area contributed by atoms with Gasteiger partial charge in [-0.25, -0.2) is 4.99 Å². The number of nitrogens with one attached hydrogen (secondary N) is 1. The molecule has 1 aromatic rings. The first-order valence-corrected chi connectivity index (χ1v) is 10.7. The van der Waals surface area contributed by atoms with Crippen LogP contribution in [0.5, 0.6) is 5.75 Å². The van der Waals surface area contributed by atoms with Crippen LogP contribution in [-0.4, -0.2) is 30.0 Å². The maximum absolute atomic E-state index is 10.7. The van der Waals surface area contributed by atoms with Crippen molar-refractivity contribution in [1.82, 2.24) is 0 Å². The van der Waals surface area contributed by atoms with Crippen molar-refractivity contribution in [2.75, 3.05) is 13.2 Å². The highest BCUT2D eigenvalue weighted by Crippen LogP contribution is 2.24. The van der Waals surface area contributed by atoms with Crippen molar-refractivity contribution in [2.45, 2.75) is 46.5 Å². The van der Waals surface area contributed by atoms with Crippen molar-refractivity contribution < 1.29 is 24.4 Å². The highest BCUT2D eigenvalue weighted by Gasteiger charge is 2.27. The number of carboxylic acid groups (broad SMARTS) is 1. The molecule has 2 aliphatic rings. The quantitative estimate of drug-likeness (QED) is 0.621. The molecule has 0 bridgehead atoms. The predicted molar refractivity (Wildman–Crippen MR) is 117 cm³/mol. The van der Waals surface area contributed by atoms with Gasteiger partial charge in [-0.15, -0.1) is 0 Å². The third kappa shape index (κ3) is 6.09. The van der Waals surface area contributed by atoms with Crippen LogP contribution in [0.15, 0.2) is 54.0 Å². The van der Waals surface area contributed by atoms with E-state index in [1.165, 1.54) is 5.70 Å². The van der Waals surface area contributed by atoms with Crippen molar-refractivity contribution in [3.05, 3.63) is 65.1 Å². The Labute approximate surface area is 178 Å². The molecule has 0 radical (unpaired) electrons. The fraction of sp³-hybridized carbons (Fsp3) is 0.440. The van der Waals surface area contributed by atoms with E-state index in [0.717, 1.165) is 41.2 Å². The highest BCUT2D eigenvalue weighted by atomic mass is 16.5. The van der Waals surface area contributed by atoms with Gasteiger partial charge >= 0.3 is 5.97 Å². The number of allylic oxidation sites excluding steroid dienone is 4. The van der Waals surface area contributed by atoms with Crippen molar-refractivity contribution in [3.8, 4) is 5.75 Å². The molecule has 0 saturated heterocycles. The Morgan fingerprint density at radius 1 is 1.27 bits per heavy atom. The molecule has 0 amide bonds. The fourth-order valence-electron chi connectivity index (χ4n) is 3.66. The lowest BCUT2D eigenvalue weighted by Gasteiger charge is -2.20. The largest absolute Gasteiger partial charge is 0.494 e. The molecular weight excluding hydrogens is 378 g/mol. The van der Waals surface area contributed by atoms with Crippen LogP contribution in [-0.2, 0) is 16.0 Å². The van der Waals surface area contributed by atoms with Crippen LogP contribution in [0.1, 0.15) is 44.2 Å². The molecule has 3 rings (SSSR count). The molecular formula is C25H32NO4+. The maximum Gasteiger partial charge on any atom is 0.303 e. The van der Waals surface area contributed by atoms with E-state index in [1.807, 2.05) is 25.1 Å². The zero-order chi connectivity index (χ0) is 21.5. The van der Waals surface area contributed by atoms with Crippen LogP contribution in [0.25, 0.3) is 0 Å². The number of hydrogen-bond acceptors (Lipinski definition) is 3. The number of fused-ring (bicyclic) bond motifs is 1. The molecule has 30 heavy (non-hydrogen) atoms. The van der Waals surface area contributed by atoms with Gasteiger partial charge in [0.05, 0.1) is 19.1 Å². The minimum atomic E-state index is -0.772. The third-order valence-corrected chi connectivity index (χ3v) is 5.53. The van der Waals surface area contributed by atoms with Crippen LogP contribution in [0.2, 0.25) is 0 Å². The molecule has 2 atom stereocenters. The normalized spacial score (nSPS) is 18.6. The summed E-state index contributed by atoms with van der Waals surface area (Å²) in [6.07, 6.45) is 11.2. The zero-order valence-electron chi connectivity index (χ0n) is 18.1. The van der Waals surface area contributed by atoms with E-state index in [2.05, 4.69) is 43.1 Å². The smallest absolute Gasteiger partial charge is 0.303 e. The second-order valence-corrected chi connectivity index (χ2v) is 8.22. The standard InChI is InChI=1S/C25H31NO4/c1-17(16-30-23-6-4-5-21-8-7-19(3)26-25(21)23)13-14-29-22-11-9-20(18(2)15-22)10-12-24(27)28/h4,6-9,11,15,17,21H,5,10,12-14,16H2,1-3H3,(H,27,28)/p+1/t17-,21?/m1/s1. The van der Waals surface area contributed by atoms with Gasteiger partial charge in [0.15, 0.2) is 11.5 Å². The van der Waals surface area contributed by atoms with Gasteiger partial charge in [-0.3, -0.25) is 4.79 Å². The van der Waals surface area contributed by atoms with Gasteiger partial charge in [0, 0.05) is 19.4 Å². The predicted octanol–water partition coefficient (Wildman–Crippen LogP) is 3.33. The summed E-state index contributed by atoms with van der Waals surface area (Å²) in [5, 5.41) is 8.84. The second-order valence-electron chi connectivity index (χ2n) is 8.22. The van der Waals surface area contributed by atoms with E-state index in [1.54, 1.807) is 0 Å². The molecule has 1 unspecified atom stereocenters. The van der Waals surface area contributed by atoms with E-state index in [9.17, 15) is 4.79 Å². The molecule has 0 saturated carbocycles. The summed E-state index contributed by atoms with van der Waals surface area (Å²) < 4.78 is 12.0. The van der Waals surface area contributed by atoms with Gasteiger partial charge < -0.3 is 14.6 Å². The lowest BCUT2D eigenvalue weighted by molar-refractivity contribution is -0.410. The molecule has 2 N–H and O–H groups in total. The first-order chi connectivity index (χ1) is 14.4. The number of aryl methyl sites for hydroxylation is 2. The van der Waals surface area contributed by atoms with E-state index in [0.29, 0.717) is 31.5 Å². The van der Waals surface area contributed by atoms with Crippen LogP contribution < -0.4 is 9.73 Å². The third-order valence-electron chi connectivity index (χ3n) is 5.53. The molecule has 1 aliphatic carbocycles. The summed E-state index contributed by atoms with van der Waals surface area (Å²) >= 11 is 0. The first kappa shape index (κ1) is 21.9. The average molecular weight is 411 g/mol. The average Bonchev–Trinajstić information content (AvgIpc) is 2.71. The van der Waals surface area contributed by atoms with Gasteiger partial charge in [0.1, 0.15) is 5.75 Å². The number of rotatable bonds is 10.